The van der Waals surface area contributed by atoms with Crippen LogP contribution in [0.1, 0.15) is 33.4 Å². The number of aliphatic carboxylic acids is 1. The number of methoxy groups -OCH3 is 2. The topological polar surface area (TPSA) is 119 Å². The zero-order chi connectivity index (χ0) is 20.6. The summed E-state index contributed by atoms with van der Waals surface area (Å²) in [5.41, 5.74) is 0.637. The molecule has 28 heavy (non-hydrogen) atoms. The van der Waals surface area contributed by atoms with Gasteiger partial charge in [0.25, 0.3) is 11.6 Å². The summed E-state index contributed by atoms with van der Waals surface area (Å²) in [6.07, 6.45) is 0. The van der Waals surface area contributed by atoms with E-state index in [9.17, 15) is 24.8 Å². The molecule has 0 saturated heterocycles. The largest absolute Gasteiger partial charge is 0.493 e. The molecule has 0 fully saturated rings. The minimum Gasteiger partial charge on any atom is -0.493 e. The average Bonchev–Trinajstić information content (AvgIpc) is 2.69. The Bertz CT molecular complexity index is 973. The number of nitro groups is 1. The highest BCUT2D eigenvalue weighted by atomic mass is 16.6. The molecule has 2 atom stereocenters. The number of rotatable bonds is 5. The Morgan fingerprint density at radius 2 is 1.82 bits per heavy atom. The van der Waals surface area contributed by atoms with E-state index in [-0.39, 0.29) is 16.8 Å². The molecule has 0 spiro atoms. The van der Waals surface area contributed by atoms with Gasteiger partial charge in [-0.1, -0.05) is 12.1 Å². The van der Waals surface area contributed by atoms with Crippen LogP contribution in [0.2, 0.25) is 0 Å². The second-order valence-corrected chi connectivity index (χ2v) is 6.32. The summed E-state index contributed by atoms with van der Waals surface area (Å²) in [6.45, 7) is 0. The van der Waals surface area contributed by atoms with Gasteiger partial charge < -0.3 is 19.5 Å². The summed E-state index contributed by atoms with van der Waals surface area (Å²) < 4.78 is 10.5. The molecule has 2 aromatic carbocycles. The predicted molar refractivity (Wildman–Crippen MR) is 97.9 cm³/mol. The van der Waals surface area contributed by atoms with Crippen LogP contribution in [-0.4, -0.2) is 48.1 Å². The molecule has 1 aliphatic rings. The number of ether oxygens (including phenoxy) is 2. The lowest BCUT2D eigenvalue weighted by Crippen LogP contribution is -2.42. The number of likely N-dealkylation sites (N-methyl/N-ethyl adjacent to an activating group) is 1. The molecule has 9 nitrogen and oxygen atoms in total. The van der Waals surface area contributed by atoms with Gasteiger partial charge in [0, 0.05) is 24.7 Å². The van der Waals surface area contributed by atoms with E-state index in [4.69, 9.17) is 9.47 Å². The minimum atomic E-state index is -1.16. The van der Waals surface area contributed by atoms with Crippen LogP contribution in [0.5, 0.6) is 11.5 Å². The smallest absolute Gasteiger partial charge is 0.313 e. The molecule has 2 unspecified atom stereocenters. The Morgan fingerprint density at radius 3 is 2.39 bits per heavy atom. The van der Waals surface area contributed by atoms with Crippen molar-refractivity contribution < 1.29 is 29.1 Å². The fourth-order valence-electron chi connectivity index (χ4n) is 3.55. The van der Waals surface area contributed by atoms with Crippen LogP contribution in [0, 0.1) is 10.1 Å². The van der Waals surface area contributed by atoms with E-state index >= 15 is 0 Å². The van der Waals surface area contributed by atoms with Gasteiger partial charge in [-0.05, 0) is 23.3 Å². The van der Waals surface area contributed by atoms with Gasteiger partial charge in [0.15, 0.2) is 11.5 Å². The number of hydrogen-bond donors (Lipinski definition) is 1. The number of fused-ring (bicyclic) bond motifs is 1. The molecule has 1 aliphatic heterocycles. The summed E-state index contributed by atoms with van der Waals surface area (Å²) in [4.78, 5) is 37.0. The Morgan fingerprint density at radius 1 is 1.18 bits per heavy atom. The highest BCUT2D eigenvalue weighted by Gasteiger charge is 2.44. The van der Waals surface area contributed by atoms with Crippen LogP contribution in [-0.2, 0) is 4.79 Å². The number of carbonyl (C=O) groups is 2. The van der Waals surface area contributed by atoms with Gasteiger partial charge in [0.2, 0.25) is 0 Å². The fourth-order valence-corrected chi connectivity index (χ4v) is 3.55. The van der Waals surface area contributed by atoms with Gasteiger partial charge in [-0.25, -0.2) is 0 Å². The van der Waals surface area contributed by atoms with Gasteiger partial charge in [-0.3, -0.25) is 19.7 Å². The number of non-ortho nitro benzene ring substituents is 1. The van der Waals surface area contributed by atoms with E-state index in [1.165, 1.54) is 56.5 Å². The third-order valence-corrected chi connectivity index (χ3v) is 4.86. The number of hydrogen-bond acceptors (Lipinski definition) is 6. The van der Waals surface area contributed by atoms with Crippen LogP contribution in [0.25, 0.3) is 0 Å². The van der Waals surface area contributed by atoms with E-state index in [0.717, 1.165) is 0 Å². The van der Waals surface area contributed by atoms with E-state index in [1.807, 2.05) is 0 Å². The molecular formula is C19H18N2O7. The molecule has 0 aromatic heterocycles. The molecule has 0 saturated carbocycles. The molecule has 1 heterocycles. The molecule has 1 N–H and O–H groups in total. The van der Waals surface area contributed by atoms with Crippen LogP contribution in [0.15, 0.2) is 36.4 Å². The first-order valence-corrected chi connectivity index (χ1v) is 8.30. The lowest BCUT2D eigenvalue weighted by atomic mass is 9.79. The van der Waals surface area contributed by atoms with E-state index < -0.39 is 28.8 Å². The van der Waals surface area contributed by atoms with Gasteiger partial charge in [-0.2, -0.15) is 0 Å². The van der Waals surface area contributed by atoms with Crippen LogP contribution in [0.3, 0.4) is 0 Å². The van der Waals surface area contributed by atoms with Crippen molar-refractivity contribution in [2.24, 2.45) is 0 Å². The summed E-state index contributed by atoms with van der Waals surface area (Å²) in [5.74, 6) is -2.11. The van der Waals surface area contributed by atoms with Crippen molar-refractivity contribution in [2.75, 3.05) is 21.3 Å². The van der Waals surface area contributed by atoms with Crippen LogP contribution in [0.4, 0.5) is 5.69 Å². The second kappa shape index (κ2) is 7.18. The third-order valence-electron chi connectivity index (χ3n) is 4.86. The van der Waals surface area contributed by atoms with Gasteiger partial charge >= 0.3 is 5.97 Å². The number of nitrogens with zero attached hydrogens (tertiary/aromatic N) is 2. The third kappa shape index (κ3) is 3.00. The molecule has 146 valence electrons. The van der Waals surface area contributed by atoms with Crippen molar-refractivity contribution in [2.45, 2.75) is 12.0 Å². The SMILES string of the molecule is COc1cc2c(cc1OC)C(C(=O)O)C(c1cccc([N+](=O)[O-])c1)N(C)C2=O. The normalized spacial score (nSPS) is 18.4. The summed E-state index contributed by atoms with van der Waals surface area (Å²) in [6, 6.07) is 7.64. The van der Waals surface area contributed by atoms with Crippen molar-refractivity contribution in [3.63, 3.8) is 0 Å². The Kier molecular flexibility index (Phi) is 4.91. The molecule has 3 rings (SSSR count). The monoisotopic (exact) mass is 386 g/mol. The number of carbonyl (C=O) groups excluding carboxylic acids is 1. The van der Waals surface area contributed by atoms with Crippen molar-refractivity contribution in [3.05, 3.63) is 63.2 Å². The predicted octanol–water partition coefficient (Wildman–Crippen LogP) is 2.61. The van der Waals surface area contributed by atoms with Crippen molar-refractivity contribution >= 4 is 17.6 Å². The first kappa shape index (κ1) is 19.2. The highest BCUT2D eigenvalue weighted by molar-refractivity contribution is 6.01. The molecule has 2 aromatic rings. The number of amides is 1. The maximum absolute atomic E-state index is 13.0. The second-order valence-electron chi connectivity index (χ2n) is 6.32. The Balaban J connectivity index is 2.24. The highest BCUT2D eigenvalue weighted by Crippen LogP contribution is 2.45. The number of carboxylic acid groups (broad SMARTS) is 1. The van der Waals surface area contributed by atoms with E-state index in [1.54, 1.807) is 6.07 Å². The van der Waals surface area contributed by atoms with Gasteiger partial charge in [0.1, 0.15) is 5.92 Å². The fraction of sp³-hybridized carbons (Fsp3) is 0.263. The number of benzene rings is 2. The molecule has 0 radical (unpaired) electrons. The van der Waals surface area contributed by atoms with Crippen LogP contribution < -0.4 is 9.47 Å². The first-order chi connectivity index (χ1) is 13.3. The number of carboxylic acids is 1. The molecule has 0 bridgehead atoms. The molecular weight excluding hydrogens is 368 g/mol. The standard InChI is InChI=1S/C19H18N2O7/c1-20-17(10-5-4-6-11(7-10)21(25)26)16(19(23)24)12-8-14(27-2)15(28-3)9-13(12)18(20)22/h4-9,16-17H,1-3H3,(H,23,24). The maximum atomic E-state index is 13.0. The van der Waals surface area contributed by atoms with E-state index in [0.29, 0.717) is 17.1 Å². The van der Waals surface area contributed by atoms with Crippen molar-refractivity contribution in [1.29, 1.82) is 0 Å². The molecule has 1 amide bonds. The summed E-state index contributed by atoms with van der Waals surface area (Å²) >= 11 is 0. The lowest BCUT2D eigenvalue weighted by molar-refractivity contribution is -0.385. The minimum absolute atomic E-state index is 0.180. The molecule has 0 aliphatic carbocycles. The van der Waals surface area contributed by atoms with Gasteiger partial charge in [-0.15, -0.1) is 0 Å². The summed E-state index contributed by atoms with van der Waals surface area (Å²) in [5, 5.41) is 21.1. The zero-order valence-corrected chi connectivity index (χ0v) is 15.4. The maximum Gasteiger partial charge on any atom is 0.313 e. The summed E-state index contributed by atoms with van der Waals surface area (Å²) in [7, 11) is 4.30. The number of nitro benzene ring substituents is 1. The average molecular weight is 386 g/mol. The zero-order valence-electron chi connectivity index (χ0n) is 15.4. The Hall–Kier alpha value is -3.62. The molecule has 9 heteroatoms. The van der Waals surface area contributed by atoms with Crippen molar-refractivity contribution in [3.8, 4) is 11.5 Å². The Labute approximate surface area is 160 Å². The van der Waals surface area contributed by atoms with Crippen LogP contribution >= 0.6 is 0 Å². The first-order valence-electron chi connectivity index (χ1n) is 8.30. The van der Waals surface area contributed by atoms with Gasteiger partial charge in [0.05, 0.1) is 25.2 Å². The van der Waals surface area contributed by atoms with Crippen molar-refractivity contribution in [1.82, 2.24) is 4.90 Å². The van der Waals surface area contributed by atoms with E-state index in [2.05, 4.69) is 0 Å². The lowest BCUT2D eigenvalue weighted by Gasteiger charge is -2.38. The quantitative estimate of drug-likeness (QED) is 0.619.